The van der Waals surface area contributed by atoms with E-state index in [0.717, 1.165) is 11.4 Å². The minimum Gasteiger partial charge on any atom is -0.493 e. The maximum absolute atomic E-state index is 14.2. The maximum atomic E-state index is 14.2. The fraction of sp³-hybridized carbons (Fsp3) is 0.361. The van der Waals surface area contributed by atoms with E-state index in [4.69, 9.17) is 23.7 Å². The van der Waals surface area contributed by atoms with Crippen LogP contribution in [0.2, 0.25) is 0 Å². The predicted octanol–water partition coefficient (Wildman–Crippen LogP) is 4.47. The lowest BCUT2D eigenvalue weighted by Gasteiger charge is -2.26. The van der Waals surface area contributed by atoms with Crippen molar-refractivity contribution >= 4 is 17.6 Å². The van der Waals surface area contributed by atoms with Crippen molar-refractivity contribution in [1.82, 2.24) is 33.7 Å². The molecule has 2 aromatic carbocycles. The molecule has 0 N–H and O–H groups in total. The van der Waals surface area contributed by atoms with E-state index in [1.54, 1.807) is 59.4 Å². The number of aryl methyl sites for hydroxylation is 1. The standard InChI is InChI=1S/C36H41N7O7/c1-46-28-11-9-25-23-30(28)50-22-21-42(35(45)27-24-43-17-7-13-38-36(43)39-27)16-6-5-15-41(19-8-18-40-20-14-37-33(25)40)34(44)26-10-12-29(47-2)32(49-4)31(26)48-3/h7,9-14,17,20,23-24H,5-6,8,15-16,18-19,21-22H2,1-4H3. The number of amides is 2. The van der Waals surface area contributed by atoms with Gasteiger partial charge in [0.25, 0.3) is 11.8 Å². The first-order chi connectivity index (χ1) is 24.4. The molecule has 2 amide bonds. The van der Waals surface area contributed by atoms with Gasteiger partial charge >= 0.3 is 0 Å². The zero-order chi connectivity index (χ0) is 35.0. The van der Waals surface area contributed by atoms with Gasteiger partial charge in [-0.05, 0) is 55.7 Å². The Labute approximate surface area is 290 Å². The smallest absolute Gasteiger partial charge is 0.274 e. The van der Waals surface area contributed by atoms with Gasteiger partial charge in [0.15, 0.2) is 23.0 Å². The van der Waals surface area contributed by atoms with E-state index in [1.807, 2.05) is 29.3 Å². The number of fused-ring (bicyclic) bond motifs is 5. The molecule has 262 valence electrons. The molecule has 0 aliphatic carbocycles. The number of nitrogens with zero attached hydrogens (tertiary/aromatic N) is 7. The van der Waals surface area contributed by atoms with Gasteiger partial charge in [-0.2, -0.15) is 0 Å². The molecule has 0 spiro atoms. The summed E-state index contributed by atoms with van der Waals surface area (Å²) in [4.78, 5) is 44.9. The molecular weight excluding hydrogens is 642 g/mol. The van der Waals surface area contributed by atoms with E-state index in [0.29, 0.717) is 97.8 Å². The van der Waals surface area contributed by atoms with Crippen LogP contribution in [0, 0.1) is 0 Å². The van der Waals surface area contributed by atoms with Crippen LogP contribution in [-0.2, 0) is 6.54 Å². The Bertz CT molecular complexity index is 1920. The molecule has 14 nitrogen and oxygen atoms in total. The summed E-state index contributed by atoms with van der Waals surface area (Å²) in [6.07, 6.45) is 10.7. The number of methoxy groups -OCH3 is 4. The van der Waals surface area contributed by atoms with Gasteiger partial charge in [0.05, 0.1) is 40.5 Å². The number of rotatable bonds is 6. The second-order valence-electron chi connectivity index (χ2n) is 11.6. The minimum absolute atomic E-state index is 0.190. The Kier molecular flexibility index (Phi) is 10.6. The summed E-state index contributed by atoms with van der Waals surface area (Å²) in [6.45, 7) is 2.50. The van der Waals surface area contributed by atoms with Crippen LogP contribution in [0.15, 0.2) is 67.4 Å². The molecular formula is C36H41N7O7. The van der Waals surface area contributed by atoms with E-state index in [2.05, 4.69) is 19.5 Å². The Morgan fingerprint density at radius 3 is 2.22 bits per heavy atom. The van der Waals surface area contributed by atoms with Crippen molar-refractivity contribution in [3.8, 4) is 40.1 Å². The van der Waals surface area contributed by atoms with Crippen LogP contribution in [-0.4, -0.2) is 107 Å². The highest BCUT2D eigenvalue weighted by atomic mass is 16.5. The number of benzene rings is 2. The average molecular weight is 684 g/mol. The second-order valence-corrected chi connectivity index (χ2v) is 11.6. The topological polar surface area (TPSA) is 135 Å². The predicted molar refractivity (Wildman–Crippen MR) is 184 cm³/mol. The molecule has 0 unspecified atom stereocenters. The lowest BCUT2D eigenvalue weighted by molar-refractivity contribution is 0.0699. The van der Waals surface area contributed by atoms with Gasteiger partial charge < -0.3 is 38.1 Å². The summed E-state index contributed by atoms with van der Waals surface area (Å²) in [6, 6.07) is 10.9. The number of carbonyl (C=O) groups is 2. The quantitative estimate of drug-likeness (QED) is 0.252. The van der Waals surface area contributed by atoms with E-state index in [1.165, 1.54) is 21.3 Å². The molecule has 0 saturated heterocycles. The summed E-state index contributed by atoms with van der Waals surface area (Å²) >= 11 is 0. The number of hydrogen-bond donors (Lipinski definition) is 0. The van der Waals surface area contributed by atoms with Crippen LogP contribution in [0.4, 0.5) is 0 Å². The minimum atomic E-state index is -0.234. The highest BCUT2D eigenvalue weighted by Crippen LogP contribution is 2.40. The molecule has 1 aliphatic rings. The van der Waals surface area contributed by atoms with E-state index < -0.39 is 0 Å². The van der Waals surface area contributed by atoms with E-state index in [-0.39, 0.29) is 18.4 Å². The van der Waals surface area contributed by atoms with Gasteiger partial charge in [0.2, 0.25) is 11.5 Å². The third kappa shape index (κ3) is 7.14. The molecule has 0 fully saturated rings. The Hall–Kier alpha value is -5.79. The van der Waals surface area contributed by atoms with Crippen molar-refractivity contribution in [2.45, 2.75) is 25.8 Å². The number of hydrogen-bond acceptors (Lipinski definition) is 10. The van der Waals surface area contributed by atoms with Crippen molar-refractivity contribution in [1.29, 1.82) is 0 Å². The third-order valence-electron chi connectivity index (χ3n) is 8.65. The highest BCUT2D eigenvalue weighted by Gasteiger charge is 2.26. The molecule has 2 bridgehead atoms. The zero-order valence-electron chi connectivity index (χ0n) is 28.7. The van der Waals surface area contributed by atoms with Crippen molar-refractivity contribution < 1.29 is 33.3 Å². The summed E-state index contributed by atoms with van der Waals surface area (Å²) in [7, 11) is 6.15. The Balaban J connectivity index is 1.31. The number of ether oxygens (including phenoxy) is 5. The molecule has 0 radical (unpaired) electrons. The third-order valence-corrected chi connectivity index (χ3v) is 8.65. The normalized spacial score (nSPS) is 14.3. The van der Waals surface area contributed by atoms with E-state index in [9.17, 15) is 9.59 Å². The fourth-order valence-corrected chi connectivity index (χ4v) is 6.15. The van der Waals surface area contributed by atoms with Crippen LogP contribution in [0.1, 0.15) is 40.1 Å². The summed E-state index contributed by atoms with van der Waals surface area (Å²) in [5.41, 5.74) is 1.51. The Morgan fingerprint density at radius 2 is 1.48 bits per heavy atom. The van der Waals surface area contributed by atoms with Gasteiger partial charge in [-0.3, -0.25) is 14.0 Å². The molecule has 0 saturated carbocycles. The van der Waals surface area contributed by atoms with Crippen LogP contribution < -0.4 is 23.7 Å². The summed E-state index contributed by atoms with van der Waals surface area (Å²) in [5.74, 6) is 3.04. The number of imidazole rings is 2. The summed E-state index contributed by atoms with van der Waals surface area (Å²) < 4.78 is 32.3. The molecule has 50 heavy (non-hydrogen) atoms. The van der Waals surface area contributed by atoms with Crippen LogP contribution >= 0.6 is 0 Å². The fourth-order valence-electron chi connectivity index (χ4n) is 6.15. The maximum Gasteiger partial charge on any atom is 0.274 e. The van der Waals surface area contributed by atoms with Gasteiger partial charge in [-0.25, -0.2) is 15.0 Å². The zero-order valence-corrected chi connectivity index (χ0v) is 28.7. The monoisotopic (exact) mass is 683 g/mol. The molecule has 1 aliphatic heterocycles. The molecule has 14 heteroatoms. The molecule has 6 rings (SSSR count). The van der Waals surface area contributed by atoms with Gasteiger partial charge in [-0.1, -0.05) is 0 Å². The average Bonchev–Trinajstić information content (AvgIpc) is 3.81. The Morgan fingerprint density at radius 1 is 0.740 bits per heavy atom. The first-order valence-electron chi connectivity index (χ1n) is 16.4. The molecule has 4 heterocycles. The highest BCUT2D eigenvalue weighted by molar-refractivity contribution is 5.98. The van der Waals surface area contributed by atoms with Crippen LogP contribution in [0.25, 0.3) is 17.2 Å². The SMILES string of the molecule is COc1ccc2cc1OCCN(C(=O)c1cn3cccnc3n1)CCCCN(C(=O)c1ccc(OC)c(OC)c1OC)CCCn1ccnc1-2. The van der Waals surface area contributed by atoms with Gasteiger partial charge in [-0.15, -0.1) is 0 Å². The largest absolute Gasteiger partial charge is 0.493 e. The lowest BCUT2D eigenvalue weighted by Crippen LogP contribution is -2.37. The first kappa shape index (κ1) is 34.1. The molecule has 5 aromatic rings. The number of carbonyl (C=O) groups excluding carboxylic acids is 2. The van der Waals surface area contributed by atoms with Crippen LogP contribution in [0.5, 0.6) is 28.7 Å². The van der Waals surface area contributed by atoms with Crippen LogP contribution in [0.3, 0.4) is 0 Å². The van der Waals surface area contributed by atoms with Gasteiger partial charge in [0.1, 0.15) is 18.1 Å². The molecule has 0 atom stereocenters. The number of aromatic nitrogens is 5. The first-order valence-corrected chi connectivity index (χ1v) is 16.4. The van der Waals surface area contributed by atoms with E-state index >= 15 is 0 Å². The lowest BCUT2D eigenvalue weighted by atomic mass is 10.1. The van der Waals surface area contributed by atoms with Crippen molar-refractivity contribution in [2.24, 2.45) is 0 Å². The van der Waals surface area contributed by atoms with Crippen molar-refractivity contribution in [3.63, 3.8) is 0 Å². The molecule has 3 aromatic heterocycles. The second kappa shape index (κ2) is 15.6. The van der Waals surface area contributed by atoms with Crippen molar-refractivity contribution in [2.75, 3.05) is 61.2 Å². The van der Waals surface area contributed by atoms with Crippen molar-refractivity contribution in [3.05, 3.63) is 78.6 Å². The van der Waals surface area contributed by atoms with Gasteiger partial charge in [0, 0.05) is 62.7 Å². The summed E-state index contributed by atoms with van der Waals surface area (Å²) in [5, 5.41) is 0.